The van der Waals surface area contributed by atoms with Crippen molar-refractivity contribution in [3.63, 3.8) is 0 Å². The molecule has 1 aromatic rings. The van der Waals surface area contributed by atoms with Crippen molar-refractivity contribution in [3.05, 3.63) is 23.9 Å². The van der Waals surface area contributed by atoms with Crippen LogP contribution in [-0.4, -0.2) is 28.5 Å². The summed E-state index contributed by atoms with van der Waals surface area (Å²) in [6.07, 6.45) is 0. The number of nitrogens with zero attached hydrogens (tertiary/aromatic N) is 1. The van der Waals surface area contributed by atoms with E-state index in [1.54, 1.807) is 19.1 Å². The minimum Gasteiger partial charge on any atom is -0.481 e. The summed E-state index contributed by atoms with van der Waals surface area (Å²) in [5.41, 5.74) is 5.21. The Hall–Kier alpha value is -2.11. The molecule has 0 spiro atoms. The molecule has 1 atom stereocenters. The number of carboxylic acids is 1. The highest BCUT2D eigenvalue weighted by Gasteiger charge is 2.10. The molecule has 86 valence electrons. The summed E-state index contributed by atoms with van der Waals surface area (Å²) >= 11 is 0. The lowest BCUT2D eigenvalue weighted by Gasteiger charge is -2.09. The average Bonchev–Trinajstić information content (AvgIpc) is 2.26. The highest BCUT2D eigenvalue weighted by molar-refractivity contribution is 5.91. The fraction of sp³-hybridized carbons (Fsp3) is 0.300. The van der Waals surface area contributed by atoms with Crippen LogP contribution in [0.15, 0.2) is 18.2 Å². The third-order valence-corrected chi connectivity index (χ3v) is 2.01. The van der Waals surface area contributed by atoms with E-state index in [0.29, 0.717) is 5.82 Å². The van der Waals surface area contributed by atoms with Gasteiger partial charge in [0.25, 0.3) is 5.91 Å². The molecule has 0 aromatic carbocycles. The number of nitrogens with two attached hydrogens (primary N) is 1. The molecule has 6 heteroatoms. The van der Waals surface area contributed by atoms with Crippen LogP contribution < -0.4 is 11.1 Å². The number of amides is 1. The molecule has 1 amide bonds. The predicted octanol–water partition coefficient (Wildman–Crippen LogP) is 0.313. The van der Waals surface area contributed by atoms with Gasteiger partial charge in [-0.3, -0.25) is 9.59 Å². The predicted molar refractivity (Wildman–Crippen MR) is 58.0 cm³/mol. The van der Waals surface area contributed by atoms with Gasteiger partial charge in [0, 0.05) is 6.54 Å². The monoisotopic (exact) mass is 223 g/mol. The fourth-order valence-corrected chi connectivity index (χ4v) is 1.02. The van der Waals surface area contributed by atoms with E-state index in [4.69, 9.17) is 10.8 Å². The minimum atomic E-state index is -0.890. The Morgan fingerprint density at radius 2 is 2.25 bits per heavy atom. The van der Waals surface area contributed by atoms with Crippen molar-refractivity contribution in [2.24, 2.45) is 11.7 Å². The molecule has 0 saturated carbocycles. The number of pyridine rings is 1. The van der Waals surface area contributed by atoms with Crippen molar-refractivity contribution in [3.8, 4) is 0 Å². The maximum atomic E-state index is 10.8. The average molecular weight is 223 g/mol. The van der Waals surface area contributed by atoms with Gasteiger partial charge in [0.1, 0.15) is 11.5 Å². The second-order valence-corrected chi connectivity index (χ2v) is 3.39. The smallest absolute Gasteiger partial charge is 0.308 e. The summed E-state index contributed by atoms with van der Waals surface area (Å²) in [6.45, 7) is 1.82. The standard InChI is InChI=1S/C10H13N3O3/c1-6(10(15)16)5-12-8-4-2-3-7(13-8)9(11)14/h2-4,6H,5H2,1H3,(H2,11,14)(H,12,13)(H,15,16). The van der Waals surface area contributed by atoms with Crippen molar-refractivity contribution < 1.29 is 14.7 Å². The van der Waals surface area contributed by atoms with Gasteiger partial charge in [-0.05, 0) is 12.1 Å². The Balaban J connectivity index is 2.64. The third kappa shape index (κ3) is 3.23. The summed E-state index contributed by atoms with van der Waals surface area (Å²) in [5, 5.41) is 11.5. The van der Waals surface area contributed by atoms with E-state index in [1.807, 2.05) is 0 Å². The molecule has 0 aliphatic heterocycles. The maximum absolute atomic E-state index is 10.8. The first-order valence-electron chi connectivity index (χ1n) is 4.74. The number of aromatic nitrogens is 1. The molecule has 16 heavy (non-hydrogen) atoms. The minimum absolute atomic E-state index is 0.146. The van der Waals surface area contributed by atoms with E-state index in [1.165, 1.54) is 6.07 Å². The van der Waals surface area contributed by atoms with Crippen molar-refractivity contribution in [2.45, 2.75) is 6.92 Å². The molecule has 1 unspecified atom stereocenters. The zero-order valence-electron chi connectivity index (χ0n) is 8.80. The van der Waals surface area contributed by atoms with Crippen LogP contribution in [0.25, 0.3) is 0 Å². The Bertz CT molecular complexity index is 406. The number of carbonyl (C=O) groups excluding carboxylic acids is 1. The van der Waals surface area contributed by atoms with Crippen LogP contribution in [0.1, 0.15) is 17.4 Å². The SMILES string of the molecule is CC(CNc1cccc(C(N)=O)n1)C(=O)O. The molecule has 4 N–H and O–H groups in total. The van der Waals surface area contributed by atoms with E-state index in [2.05, 4.69) is 10.3 Å². The number of anilines is 1. The van der Waals surface area contributed by atoms with Crippen LogP contribution in [0.4, 0.5) is 5.82 Å². The molecule has 0 bridgehead atoms. The normalized spacial score (nSPS) is 11.8. The van der Waals surface area contributed by atoms with Crippen molar-refractivity contribution in [1.29, 1.82) is 0 Å². The van der Waals surface area contributed by atoms with Gasteiger partial charge >= 0.3 is 5.97 Å². The van der Waals surface area contributed by atoms with Crippen molar-refractivity contribution in [1.82, 2.24) is 4.98 Å². The van der Waals surface area contributed by atoms with Crippen molar-refractivity contribution in [2.75, 3.05) is 11.9 Å². The van der Waals surface area contributed by atoms with Gasteiger partial charge in [-0.2, -0.15) is 0 Å². The van der Waals surface area contributed by atoms with Crippen LogP contribution >= 0.6 is 0 Å². The van der Waals surface area contributed by atoms with E-state index in [-0.39, 0.29) is 12.2 Å². The van der Waals surface area contributed by atoms with Crippen LogP contribution in [0, 0.1) is 5.92 Å². The quantitative estimate of drug-likeness (QED) is 0.666. The third-order valence-electron chi connectivity index (χ3n) is 2.01. The molecule has 0 radical (unpaired) electrons. The largest absolute Gasteiger partial charge is 0.481 e. The van der Waals surface area contributed by atoms with E-state index >= 15 is 0 Å². The van der Waals surface area contributed by atoms with Gasteiger partial charge in [0.15, 0.2) is 0 Å². The van der Waals surface area contributed by atoms with Gasteiger partial charge in [-0.15, -0.1) is 0 Å². The van der Waals surface area contributed by atoms with Gasteiger partial charge in [-0.25, -0.2) is 4.98 Å². The zero-order valence-corrected chi connectivity index (χ0v) is 8.80. The number of hydrogen-bond donors (Lipinski definition) is 3. The number of carbonyl (C=O) groups is 2. The maximum Gasteiger partial charge on any atom is 0.308 e. The lowest BCUT2D eigenvalue weighted by molar-refractivity contribution is -0.140. The zero-order chi connectivity index (χ0) is 12.1. The fourth-order valence-electron chi connectivity index (χ4n) is 1.02. The first-order valence-corrected chi connectivity index (χ1v) is 4.74. The second-order valence-electron chi connectivity index (χ2n) is 3.39. The number of carboxylic acid groups (broad SMARTS) is 1. The van der Waals surface area contributed by atoms with E-state index < -0.39 is 17.8 Å². The van der Waals surface area contributed by atoms with Gasteiger partial charge in [-0.1, -0.05) is 13.0 Å². The lowest BCUT2D eigenvalue weighted by Crippen LogP contribution is -2.21. The van der Waals surface area contributed by atoms with Crippen LogP contribution in [-0.2, 0) is 4.79 Å². The van der Waals surface area contributed by atoms with Gasteiger partial charge in [0.05, 0.1) is 5.92 Å². The van der Waals surface area contributed by atoms with Crippen LogP contribution in [0.2, 0.25) is 0 Å². The molecule has 1 rings (SSSR count). The summed E-state index contributed by atoms with van der Waals surface area (Å²) in [6, 6.07) is 4.76. The van der Waals surface area contributed by atoms with Gasteiger partial charge in [0.2, 0.25) is 0 Å². The Labute approximate surface area is 92.5 Å². The molecule has 0 aliphatic rings. The van der Waals surface area contributed by atoms with E-state index in [0.717, 1.165) is 0 Å². The Morgan fingerprint density at radius 3 is 2.81 bits per heavy atom. The molecule has 6 nitrogen and oxygen atoms in total. The van der Waals surface area contributed by atoms with Crippen LogP contribution in [0.3, 0.4) is 0 Å². The highest BCUT2D eigenvalue weighted by Crippen LogP contribution is 2.05. The molecule has 1 aromatic heterocycles. The summed E-state index contributed by atoms with van der Waals surface area (Å²) in [4.78, 5) is 25.3. The van der Waals surface area contributed by atoms with Crippen LogP contribution in [0.5, 0.6) is 0 Å². The summed E-state index contributed by atoms with van der Waals surface area (Å²) < 4.78 is 0. The second kappa shape index (κ2) is 5.11. The molecule has 0 aliphatic carbocycles. The van der Waals surface area contributed by atoms with E-state index in [9.17, 15) is 9.59 Å². The Kier molecular flexibility index (Phi) is 3.82. The first kappa shape index (κ1) is 12.0. The van der Waals surface area contributed by atoms with Crippen molar-refractivity contribution >= 4 is 17.7 Å². The number of rotatable bonds is 5. The highest BCUT2D eigenvalue weighted by atomic mass is 16.4. The van der Waals surface area contributed by atoms with Gasteiger partial charge < -0.3 is 16.2 Å². The Morgan fingerprint density at radius 1 is 1.56 bits per heavy atom. The molecule has 0 saturated heterocycles. The number of aliphatic carboxylic acids is 1. The molecule has 0 fully saturated rings. The number of primary amides is 1. The molecule has 1 heterocycles. The first-order chi connectivity index (χ1) is 7.50. The summed E-state index contributed by atoms with van der Waals surface area (Å²) in [5.74, 6) is -1.60. The molecular weight excluding hydrogens is 210 g/mol. The lowest BCUT2D eigenvalue weighted by atomic mass is 10.2. The number of hydrogen-bond acceptors (Lipinski definition) is 4. The molecular formula is C10H13N3O3. The summed E-state index contributed by atoms with van der Waals surface area (Å²) in [7, 11) is 0. The number of nitrogens with one attached hydrogen (secondary N) is 1. The topological polar surface area (TPSA) is 105 Å².